The van der Waals surface area contributed by atoms with E-state index < -0.39 is 12.0 Å². The summed E-state index contributed by atoms with van der Waals surface area (Å²) < 4.78 is 11.7. The second-order valence-corrected chi connectivity index (χ2v) is 5.73. The minimum Gasteiger partial charge on any atom is -0.480 e. The van der Waals surface area contributed by atoms with Crippen LogP contribution in [0.3, 0.4) is 0 Å². The highest BCUT2D eigenvalue weighted by molar-refractivity contribution is 7.99. The lowest BCUT2D eigenvalue weighted by molar-refractivity contribution is -0.159. The maximum absolute atomic E-state index is 10.5. The van der Waals surface area contributed by atoms with Crippen LogP contribution in [0.2, 0.25) is 0 Å². The van der Waals surface area contributed by atoms with Gasteiger partial charge in [-0.1, -0.05) is 0 Å². The Bertz CT molecular complexity index is 281. The maximum atomic E-state index is 10.5. The Kier molecular flexibility index (Phi) is 4.30. The number of thioether (sulfide) groups is 1. The number of carbonyl (C=O) groups is 1. The van der Waals surface area contributed by atoms with Gasteiger partial charge < -0.3 is 20.3 Å². The van der Waals surface area contributed by atoms with E-state index in [2.05, 4.69) is 0 Å². The van der Waals surface area contributed by atoms with E-state index in [0.717, 1.165) is 18.6 Å². The van der Waals surface area contributed by atoms with E-state index in [-0.39, 0.29) is 11.9 Å². The highest BCUT2D eigenvalue weighted by atomic mass is 32.2. The van der Waals surface area contributed by atoms with Crippen molar-refractivity contribution >= 4 is 17.7 Å². The van der Waals surface area contributed by atoms with E-state index in [1.807, 2.05) is 0 Å². The Morgan fingerprint density at radius 2 is 2.24 bits per heavy atom. The zero-order chi connectivity index (χ0) is 12.3. The third-order valence-electron chi connectivity index (χ3n) is 3.20. The summed E-state index contributed by atoms with van der Waals surface area (Å²) in [7, 11) is 0. The molecule has 2 aliphatic rings. The standard InChI is InChI=1S/C11H19NO4S/c12-9(10(13)14)7-17-6-8-5-15-11(16-8)3-1-2-4-11/h8-9H,1-7,12H2,(H,13,14)/t8?,9-/m1/s1. The van der Waals surface area contributed by atoms with Gasteiger partial charge in [-0.2, -0.15) is 11.8 Å². The molecule has 17 heavy (non-hydrogen) atoms. The predicted molar refractivity (Wildman–Crippen MR) is 65.0 cm³/mol. The molecule has 98 valence electrons. The zero-order valence-corrected chi connectivity index (χ0v) is 10.6. The largest absolute Gasteiger partial charge is 0.480 e. The molecule has 1 saturated heterocycles. The number of aliphatic carboxylic acids is 1. The Labute approximate surface area is 105 Å². The van der Waals surface area contributed by atoms with E-state index in [1.54, 1.807) is 0 Å². The van der Waals surface area contributed by atoms with Crippen LogP contribution in [0.1, 0.15) is 25.7 Å². The van der Waals surface area contributed by atoms with Gasteiger partial charge in [0, 0.05) is 24.3 Å². The van der Waals surface area contributed by atoms with Crippen molar-refractivity contribution in [1.82, 2.24) is 0 Å². The molecule has 0 aromatic rings. The molecule has 0 aromatic heterocycles. The average molecular weight is 261 g/mol. The van der Waals surface area contributed by atoms with Crippen molar-refractivity contribution in [3.05, 3.63) is 0 Å². The molecule has 1 aliphatic carbocycles. The van der Waals surface area contributed by atoms with E-state index in [0.29, 0.717) is 12.4 Å². The molecule has 2 fully saturated rings. The van der Waals surface area contributed by atoms with Crippen molar-refractivity contribution in [2.45, 2.75) is 43.6 Å². The van der Waals surface area contributed by atoms with Gasteiger partial charge in [0.05, 0.1) is 12.7 Å². The summed E-state index contributed by atoms with van der Waals surface area (Å²) in [6.45, 7) is 0.620. The van der Waals surface area contributed by atoms with E-state index >= 15 is 0 Å². The Morgan fingerprint density at radius 3 is 2.88 bits per heavy atom. The van der Waals surface area contributed by atoms with Crippen LogP contribution in [0.15, 0.2) is 0 Å². The molecule has 2 rings (SSSR count). The van der Waals surface area contributed by atoms with Crippen LogP contribution in [-0.2, 0) is 14.3 Å². The minimum atomic E-state index is -0.951. The van der Waals surface area contributed by atoms with Gasteiger partial charge in [0.1, 0.15) is 6.04 Å². The zero-order valence-electron chi connectivity index (χ0n) is 9.76. The number of rotatable bonds is 5. The first-order chi connectivity index (χ1) is 8.11. The lowest BCUT2D eigenvalue weighted by Gasteiger charge is -2.21. The normalized spacial score (nSPS) is 28.6. The van der Waals surface area contributed by atoms with Crippen molar-refractivity contribution < 1.29 is 19.4 Å². The molecule has 0 amide bonds. The number of hydrogen-bond donors (Lipinski definition) is 2. The summed E-state index contributed by atoms with van der Waals surface area (Å²) in [5, 5.41) is 8.65. The monoisotopic (exact) mass is 261 g/mol. The molecule has 6 heteroatoms. The summed E-state index contributed by atoms with van der Waals surface area (Å²) in [6.07, 6.45) is 4.40. The highest BCUT2D eigenvalue weighted by Crippen LogP contribution is 2.39. The molecule has 2 atom stereocenters. The van der Waals surface area contributed by atoms with Gasteiger partial charge in [0.2, 0.25) is 0 Å². The smallest absolute Gasteiger partial charge is 0.321 e. The lowest BCUT2D eigenvalue weighted by Crippen LogP contribution is -2.33. The van der Waals surface area contributed by atoms with Crippen molar-refractivity contribution in [1.29, 1.82) is 0 Å². The molecule has 0 radical (unpaired) electrons. The summed E-state index contributed by atoms with van der Waals surface area (Å²) in [6, 6.07) is -0.789. The average Bonchev–Trinajstić information content (AvgIpc) is 2.90. The van der Waals surface area contributed by atoms with Crippen molar-refractivity contribution in [3.63, 3.8) is 0 Å². The van der Waals surface area contributed by atoms with Crippen molar-refractivity contribution in [3.8, 4) is 0 Å². The van der Waals surface area contributed by atoms with E-state index in [4.69, 9.17) is 20.3 Å². The number of carboxylic acid groups (broad SMARTS) is 1. The van der Waals surface area contributed by atoms with Gasteiger partial charge in [-0.15, -0.1) is 0 Å². The van der Waals surface area contributed by atoms with Crippen LogP contribution in [0, 0.1) is 0 Å². The van der Waals surface area contributed by atoms with E-state index in [9.17, 15) is 4.79 Å². The molecule has 0 bridgehead atoms. The minimum absolute atomic E-state index is 0.0825. The van der Waals surface area contributed by atoms with Crippen molar-refractivity contribution in [2.24, 2.45) is 5.73 Å². The highest BCUT2D eigenvalue weighted by Gasteiger charge is 2.43. The predicted octanol–water partition coefficient (Wildman–Crippen LogP) is 0.817. The Balaban J connectivity index is 1.66. The summed E-state index contributed by atoms with van der Waals surface area (Å²) in [5.74, 6) is -0.0984. The fourth-order valence-electron chi connectivity index (χ4n) is 2.27. The maximum Gasteiger partial charge on any atom is 0.321 e. The van der Waals surface area contributed by atoms with Gasteiger partial charge in [-0.05, 0) is 12.8 Å². The van der Waals surface area contributed by atoms with E-state index in [1.165, 1.54) is 24.6 Å². The molecular formula is C11H19NO4S. The molecule has 1 saturated carbocycles. The van der Waals surface area contributed by atoms with Gasteiger partial charge in [-0.25, -0.2) is 0 Å². The molecule has 1 unspecified atom stereocenters. The Morgan fingerprint density at radius 1 is 1.53 bits per heavy atom. The van der Waals surface area contributed by atoms with Gasteiger partial charge >= 0.3 is 5.97 Å². The van der Waals surface area contributed by atoms with Gasteiger partial charge in [0.15, 0.2) is 5.79 Å². The molecule has 1 aliphatic heterocycles. The van der Waals surface area contributed by atoms with Gasteiger partial charge in [-0.3, -0.25) is 4.79 Å². The lowest BCUT2D eigenvalue weighted by atomic mass is 10.2. The second-order valence-electron chi connectivity index (χ2n) is 4.65. The molecule has 1 spiro atoms. The summed E-state index contributed by atoms with van der Waals surface area (Å²) >= 11 is 1.52. The molecular weight excluding hydrogens is 242 g/mol. The van der Waals surface area contributed by atoms with Gasteiger partial charge in [0.25, 0.3) is 0 Å². The topological polar surface area (TPSA) is 81.8 Å². The number of nitrogens with two attached hydrogens (primary N) is 1. The molecule has 1 heterocycles. The third kappa shape index (κ3) is 3.34. The molecule has 5 nitrogen and oxygen atoms in total. The third-order valence-corrected chi connectivity index (χ3v) is 4.40. The van der Waals surface area contributed by atoms with Crippen LogP contribution in [-0.4, -0.2) is 47.1 Å². The molecule has 0 aromatic carbocycles. The van der Waals surface area contributed by atoms with Crippen LogP contribution >= 0.6 is 11.8 Å². The first-order valence-corrected chi connectivity index (χ1v) is 7.15. The summed E-state index contributed by atoms with van der Waals surface area (Å²) in [4.78, 5) is 10.5. The quantitative estimate of drug-likeness (QED) is 0.762. The summed E-state index contributed by atoms with van der Waals surface area (Å²) in [5.41, 5.74) is 5.42. The second kappa shape index (κ2) is 5.56. The first-order valence-electron chi connectivity index (χ1n) is 5.99. The fraction of sp³-hybridized carbons (Fsp3) is 0.909. The number of hydrogen-bond acceptors (Lipinski definition) is 5. The SMILES string of the molecule is N[C@H](CSCC1COC2(CCCC2)O1)C(=O)O. The van der Waals surface area contributed by atoms with Crippen LogP contribution in [0.25, 0.3) is 0 Å². The molecule has 3 N–H and O–H groups in total. The number of ether oxygens (including phenoxy) is 2. The van der Waals surface area contributed by atoms with Crippen LogP contribution < -0.4 is 5.73 Å². The van der Waals surface area contributed by atoms with Crippen LogP contribution in [0.4, 0.5) is 0 Å². The van der Waals surface area contributed by atoms with Crippen molar-refractivity contribution in [2.75, 3.05) is 18.1 Å². The Hall–Kier alpha value is -0.300. The first kappa shape index (κ1) is 13.1. The number of carboxylic acids is 1. The van der Waals surface area contributed by atoms with Crippen LogP contribution in [0.5, 0.6) is 0 Å². The fourth-order valence-corrected chi connectivity index (χ4v) is 3.23.